The Morgan fingerprint density at radius 1 is 1.16 bits per heavy atom. The number of anilines is 2. The van der Waals surface area contributed by atoms with Crippen LogP contribution in [0.3, 0.4) is 0 Å². The highest BCUT2D eigenvalue weighted by atomic mass is 19.4. The fraction of sp³-hybridized carbons (Fsp3) is 0.105. The summed E-state index contributed by atoms with van der Waals surface area (Å²) in [6.45, 7) is 1.22. The highest BCUT2D eigenvalue weighted by Crippen LogP contribution is 2.41. The van der Waals surface area contributed by atoms with Gasteiger partial charge in [-0.1, -0.05) is 5.16 Å². The second-order valence-electron chi connectivity index (χ2n) is 6.66. The lowest BCUT2D eigenvalue weighted by Crippen LogP contribution is -2.28. The van der Waals surface area contributed by atoms with Crippen LogP contribution in [0, 0.1) is 0 Å². The summed E-state index contributed by atoms with van der Waals surface area (Å²) in [5, 5.41) is 10.3. The van der Waals surface area contributed by atoms with Crippen molar-refractivity contribution in [3.8, 4) is 28.1 Å². The third-order valence-electron chi connectivity index (χ3n) is 4.55. The molecule has 10 nitrogen and oxygen atoms in total. The molecule has 5 N–H and O–H groups in total. The first kappa shape index (κ1) is 20.8. The lowest BCUT2D eigenvalue weighted by Gasteiger charge is -2.15. The minimum atomic E-state index is -5.27. The number of carbonyl (C=O) groups excluding carboxylic acids is 2. The number of nitrogens with zero attached hydrogens (tertiary/aromatic N) is 3. The van der Waals surface area contributed by atoms with E-state index in [0.717, 1.165) is 6.07 Å². The number of ether oxygens (including phenoxy) is 1. The van der Waals surface area contributed by atoms with E-state index in [2.05, 4.69) is 25.1 Å². The van der Waals surface area contributed by atoms with Crippen molar-refractivity contribution >= 4 is 34.2 Å². The first-order valence-corrected chi connectivity index (χ1v) is 8.84. The maximum absolute atomic E-state index is 12.8. The van der Waals surface area contributed by atoms with Gasteiger partial charge in [-0.2, -0.15) is 18.3 Å². The number of Topliss-reactive ketones (excluding diaryl/α,β-unsaturated/α-hetero) is 1. The standard InChI is InChI=1S/C19H13F3N6O4/c1-7(29)9-2-10(13(3-12(9)23)31-18(30)19(20,21)22)15-14-16(32-28-17(14)24)11(6-25-15)8-4-26-27-5-8/h2-6H,23H2,1H3,(H2,24,28)(H,26,27). The van der Waals surface area contributed by atoms with E-state index >= 15 is 0 Å². The van der Waals surface area contributed by atoms with Gasteiger partial charge in [0.1, 0.15) is 5.75 Å². The van der Waals surface area contributed by atoms with Gasteiger partial charge < -0.3 is 20.7 Å². The normalized spacial score (nSPS) is 11.6. The number of esters is 1. The summed E-state index contributed by atoms with van der Waals surface area (Å²) < 4.78 is 48.3. The second-order valence-corrected chi connectivity index (χ2v) is 6.66. The Bertz CT molecular complexity index is 1360. The molecule has 0 radical (unpaired) electrons. The van der Waals surface area contributed by atoms with Crippen molar-refractivity contribution in [1.29, 1.82) is 0 Å². The van der Waals surface area contributed by atoms with Crippen LogP contribution in [0.1, 0.15) is 17.3 Å². The van der Waals surface area contributed by atoms with E-state index in [4.69, 9.17) is 16.0 Å². The van der Waals surface area contributed by atoms with Crippen molar-refractivity contribution in [1.82, 2.24) is 20.3 Å². The maximum atomic E-state index is 12.8. The molecule has 164 valence electrons. The number of rotatable bonds is 4. The summed E-state index contributed by atoms with van der Waals surface area (Å²) in [6, 6.07) is 2.11. The zero-order valence-electron chi connectivity index (χ0n) is 16.1. The summed E-state index contributed by atoms with van der Waals surface area (Å²) in [5.41, 5.74) is 12.5. The van der Waals surface area contributed by atoms with Gasteiger partial charge in [0, 0.05) is 46.4 Å². The molecule has 0 aliphatic rings. The van der Waals surface area contributed by atoms with Crippen molar-refractivity contribution in [3.05, 3.63) is 36.3 Å². The van der Waals surface area contributed by atoms with Crippen LogP contribution in [-0.2, 0) is 4.79 Å². The van der Waals surface area contributed by atoms with Gasteiger partial charge in [-0.05, 0) is 13.0 Å². The van der Waals surface area contributed by atoms with Gasteiger partial charge in [0.05, 0.1) is 17.3 Å². The summed E-state index contributed by atoms with van der Waals surface area (Å²) in [6.07, 6.45) is -0.868. The summed E-state index contributed by atoms with van der Waals surface area (Å²) in [4.78, 5) is 27.8. The smallest absolute Gasteiger partial charge is 0.419 e. The van der Waals surface area contributed by atoms with E-state index < -0.39 is 23.7 Å². The first-order valence-electron chi connectivity index (χ1n) is 8.84. The zero-order valence-corrected chi connectivity index (χ0v) is 16.1. The van der Waals surface area contributed by atoms with Crippen molar-refractivity contribution in [2.45, 2.75) is 13.1 Å². The Morgan fingerprint density at radius 3 is 2.53 bits per heavy atom. The summed E-state index contributed by atoms with van der Waals surface area (Å²) in [5.74, 6) is -3.64. The lowest BCUT2D eigenvalue weighted by molar-refractivity contribution is -0.189. The number of aromatic amines is 1. The Morgan fingerprint density at radius 2 is 1.91 bits per heavy atom. The number of halogens is 3. The van der Waals surface area contributed by atoms with E-state index in [1.165, 1.54) is 25.4 Å². The third-order valence-corrected chi connectivity index (χ3v) is 4.55. The number of aromatic nitrogens is 4. The highest BCUT2D eigenvalue weighted by Gasteiger charge is 2.42. The van der Waals surface area contributed by atoms with E-state index in [1.807, 2.05) is 0 Å². The van der Waals surface area contributed by atoms with Gasteiger partial charge in [0.15, 0.2) is 17.2 Å². The number of carbonyl (C=O) groups is 2. The minimum absolute atomic E-state index is 0.0179. The maximum Gasteiger partial charge on any atom is 0.491 e. The van der Waals surface area contributed by atoms with Gasteiger partial charge in [-0.15, -0.1) is 0 Å². The predicted molar refractivity (Wildman–Crippen MR) is 105 cm³/mol. The quantitative estimate of drug-likeness (QED) is 0.185. The average molecular weight is 446 g/mol. The van der Waals surface area contributed by atoms with Gasteiger partial charge in [0.25, 0.3) is 0 Å². The second kappa shape index (κ2) is 7.37. The molecule has 1 aromatic carbocycles. The van der Waals surface area contributed by atoms with Crippen molar-refractivity contribution in [3.63, 3.8) is 0 Å². The van der Waals surface area contributed by atoms with Crippen molar-refractivity contribution < 1.29 is 32.0 Å². The number of nitrogens with one attached hydrogen (secondary N) is 1. The molecule has 0 spiro atoms. The van der Waals surface area contributed by atoms with E-state index in [-0.39, 0.29) is 39.3 Å². The molecule has 0 atom stereocenters. The Labute approximate surface area is 176 Å². The molecule has 13 heteroatoms. The van der Waals surface area contributed by atoms with Gasteiger partial charge >= 0.3 is 12.1 Å². The molecular formula is C19H13F3N6O4. The molecular weight excluding hydrogens is 433 g/mol. The Kier molecular flexibility index (Phi) is 4.80. The Hall–Kier alpha value is -4.42. The average Bonchev–Trinajstić information content (AvgIpc) is 3.37. The molecule has 0 unspecified atom stereocenters. The number of pyridine rings is 1. The minimum Gasteiger partial charge on any atom is -0.419 e. The number of nitrogen functional groups attached to an aromatic ring is 2. The molecule has 0 aliphatic carbocycles. The summed E-state index contributed by atoms with van der Waals surface area (Å²) >= 11 is 0. The van der Waals surface area contributed by atoms with Crippen LogP contribution in [0.5, 0.6) is 5.75 Å². The predicted octanol–water partition coefficient (Wildman–Crippen LogP) is 3.11. The number of alkyl halides is 3. The lowest BCUT2D eigenvalue weighted by atomic mass is 9.98. The topological polar surface area (TPSA) is 163 Å². The number of nitrogens with two attached hydrogens (primary N) is 2. The molecule has 0 aliphatic heterocycles. The number of ketones is 1. The van der Waals surface area contributed by atoms with Gasteiger partial charge in [-0.3, -0.25) is 14.9 Å². The summed E-state index contributed by atoms with van der Waals surface area (Å²) in [7, 11) is 0. The number of hydrogen-bond acceptors (Lipinski definition) is 9. The molecule has 32 heavy (non-hydrogen) atoms. The third kappa shape index (κ3) is 3.49. The first-order chi connectivity index (χ1) is 15.1. The zero-order chi connectivity index (χ0) is 23.2. The molecule has 4 aromatic rings. The number of H-pyrrole nitrogens is 1. The molecule has 3 heterocycles. The van der Waals surface area contributed by atoms with Crippen LogP contribution in [0.25, 0.3) is 33.4 Å². The van der Waals surface area contributed by atoms with E-state index in [0.29, 0.717) is 11.1 Å². The fourth-order valence-electron chi connectivity index (χ4n) is 3.10. The number of benzene rings is 1. The molecule has 3 aromatic heterocycles. The molecule has 0 amide bonds. The highest BCUT2D eigenvalue weighted by molar-refractivity contribution is 6.08. The fourth-order valence-corrected chi connectivity index (χ4v) is 3.10. The van der Waals surface area contributed by atoms with Crippen LogP contribution < -0.4 is 16.2 Å². The number of hydrogen-bond donors (Lipinski definition) is 3. The van der Waals surface area contributed by atoms with E-state index in [1.54, 1.807) is 6.20 Å². The SMILES string of the molecule is CC(=O)c1cc(-c2ncc(-c3cn[nH]c3)c3onc(N)c23)c(OC(=O)C(F)(F)F)cc1N. The van der Waals surface area contributed by atoms with Crippen molar-refractivity contribution in [2.75, 3.05) is 11.5 Å². The molecule has 4 rings (SSSR count). The van der Waals surface area contributed by atoms with E-state index in [9.17, 15) is 22.8 Å². The van der Waals surface area contributed by atoms with Crippen LogP contribution in [0.2, 0.25) is 0 Å². The van der Waals surface area contributed by atoms with Gasteiger partial charge in [-0.25, -0.2) is 4.79 Å². The molecule has 0 fully saturated rings. The Balaban J connectivity index is 1.99. The van der Waals surface area contributed by atoms with Crippen molar-refractivity contribution in [2.24, 2.45) is 0 Å². The molecule has 0 saturated heterocycles. The van der Waals surface area contributed by atoms with Crippen LogP contribution in [0.15, 0.2) is 35.2 Å². The van der Waals surface area contributed by atoms with Crippen LogP contribution in [0.4, 0.5) is 24.7 Å². The van der Waals surface area contributed by atoms with Crippen LogP contribution >= 0.6 is 0 Å². The molecule has 0 bridgehead atoms. The largest absolute Gasteiger partial charge is 0.491 e. The van der Waals surface area contributed by atoms with Gasteiger partial charge in [0.2, 0.25) is 0 Å². The van der Waals surface area contributed by atoms with Crippen LogP contribution in [-0.4, -0.2) is 38.3 Å². The monoisotopic (exact) mass is 446 g/mol. The molecule has 0 saturated carbocycles. The number of fused-ring (bicyclic) bond motifs is 1.